The molecule has 0 unspecified atom stereocenters. The molecule has 1 fully saturated rings. The highest BCUT2D eigenvalue weighted by molar-refractivity contribution is 5.95. The average molecular weight is 352 g/mol. The molecule has 1 N–H and O–H groups in total. The maximum Gasteiger partial charge on any atom is 0.337 e. The van der Waals surface area contributed by atoms with Crippen LogP contribution in [0.15, 0.2) is 42.5 Å². The Balaban J connectivity index is 1.76. The molecule has 0 spiro atoms. The van der Waals surface area contributed by atoms with Crippen LogP contribution in [0.25, 0.3) is 0 Å². The zero-order valence-corrected chi connectivity index (χ0v) is 14.9. The number of rotatable bonds is 2. The number of methoxy groups -OCH3 is 1. The van der Waals surface area contributed by atoms with Crippen molar-refractivity contribution in [3.05, 3.63) is 59.2 Å². The second-order valence-electron chi connectivity index (χ2n) is 6.90. The van der Waals surface area contributed by atoms with Crippen LogP contribution in [-0.4, -0.2) is 24.8 Å². The van der Waals surface area contributed by atoms with Crippen LogP contribution in [0.3, 0.4) is 0 Å². The summed E-state index contributed by atoms with van der Waals surface area (Å²) in [6.07, 6.45) is 0.574. The lowest BCUT2D eigenvalue weighted by Gasteiger charge is -2.50. The summed E-state index contributed by atoms with van der Waals surface area (Å²) in [5.74, 6) is 0.249. The first-order valence-electron chi connectivity index (χ1n) is 8.50. The minimum Gasteiger partial charge on any atom is -0.467 e. The minimum absolute atomic E-state index is 0.219. The first-order chi connectivity index (χ1) is 12.4. The first kappa shape index (κ1) is 16.4. The van der Waals surface area contributed by atoms with Gasteiger partial charge in [0.25, 0.3) is 0 Å². The maximum atomic E-state index is 12.9. The van der Waals surface area contributed by atoms with Gasteiger partial charge in [-0.15, -0.1) is 0 Å². The Labute approximate surface area is 151 Å². The zero-order valence-electron chi connectivity index (χ0n) is 14.9. The second kappa shape index (κ2) is 5.76. The average Bonchev–Trinajstić information content (AvgIpc) is 2.60. The van der Waals surface area contributed by atoms with Crippen LogP contribution in [0, 0.1) is 6.92 Å². The van der Waals surface area contributed by atoms with Gasteiger partial charge in [0, 0.05) is 17.7 Å². The summed E-state index contributed by atoms with van der Waals surface area (Å²) in [5, 5.41) is 3.04. The number of nitrogens with zero attached hydrogens (tertiary/aromatic N) is 1. The van der Waals surface area contributed by atoms with E-state index in [0.717, 1.165) is 16.8 Å². The summed E-state index contributed by atoms with van der Waals surface area (Å²) in [7, 11) is 1.34. The van der Waals surface area contributed by atoms with Crippen LogP contribution >= 0.6 is 0 Å². The van der Waals surface area contributed by atoms with E-state index in [9.17, 15) is 9.59 Å². The maximum absolute atomic E-state index is 12.9. The van der Waals surface area contributed by atoms with Gasteiger partial charge in [0.05, 0.1) is 18.7 Å². The molecule has 134 valence electrons. The molecule has 2 aliphatic rings. The van der Waals surface area contributed by atoms with Gasteiger partial charge in [0.1, 0.15) is 5.75 Å². The Kier molecular flexibility index (Phi) is 3.64. The summed E-state index contributed by atoms with van der Waals surface area (Å²) in [5.41, 5.74) is 2.29. The molecule has 6 heteroatoms. The van der Waals surface area contributed by atoms with Crippen molar-refractivity contribution in [3.63, 3.8) is 0 Å². The molecule has 6 nitrogen and oxygen atoms in total. The van der Waals surface area contributed by atoms with E-state index in [4.69, 9.17) is 9.47 Å². The van der Waals surface area contributed by atoms with E-state index in [0.29, 0.717) is 17.7 Å². The third-order valence-electron chi connectivity index (χ3n) is 4.95. The molecule has 2 heterocycles. The Morgan fingerprint density at radius 3 is 2.85 bits per heavy atom. The largest absolute Gasteiger partial charge is 0.467 e. The molecule has 2 aromatic rings. The Hall–Kier alpha value is -3.02. The van der Waals surface area contributed by atoms with Gasteiger partial charge in [-0.2, -0.15) is 0 Å². The number of anilines is 1. The van der Waals surface area contributed by atoms with Crippen LogP contribution < -0.4 is 15.0 Å². The van der Waals surface area contributed by atoms with Crippen molar-refractivity contribution in [2.24, 2.45) is 0 Å². The summed E-state index contributed by atoms with van der Waals surface area (Å²) < 4.78 is 11.0. The number of carbonyl (C=O) groups excluding carboxylic acids is 2. The van der Waals surface area contributed by atoms with Gasteiger partial charge in [-0.05, 0) is 49.7 Å². The van der Waals surface area contributed by atoms with Crippen molar-refractivity contribution in [2.45, 2.75) is 32.0 Å². The van der Waals surface area contributed by atoms with E-state index in [2.05, 4.69) is 5.32 Å². The fourth-order valence-electron chi connectivity index (χ4n) is 3.78. The molecule has 2 atom stereocenters. The van der Waals surface area contributed by atoms with E-state index < -0.39 is 11.7 Å². The number of nitrogens with one attached hydrogen (secondary N) is 1. The second-order valence-corrected chi connectivity index (χ2v) is 6.90. The van der Waals surface area contributed by atoms with Gasteiger partial charge >= 0.3 is 12.0 Å². The number of hydrogen-bond donors (Lipinski definition) is 1. The molecule has 0 aromatic heterocycles. The zero-order chi connectivity index (χ0) is 18.5. The van der Waals surface area contributed by atoms with Crippen molar-refractivity contribution in [3.8, 4) is 5.75 Å². The van der Waals surface area contributed by atoms with E-state index in [-0.39, 0.29) is 12.1 Å². The van der Waals surface area contributed by atoms with Gasteiger partial charge < -0.3 is 14.8 Å². The molecule has 0 aliphatic carbocycles. The summed E-state index contributed by atoms with van der Waals surface area (Å²) in [6.45, 7) is 3.90. The van der Waals surface area contributed by atoms with Crippen LogP contribution in [0.4, 0.5) is 10.5 Å². The minimum atomic E-state index is -0.805. The van der Waals surface area contributed by atoms with E-state index >= 15 is 0 Å². The summed E-state index contributed by atoms with van der Waals surface area (Å²) in [6, 6.07) is 12.5. The van der Waals surface area contributed by atoms with Crippen molar-refractivity contribution in [1.29, 1.82) is 0 Å². The van der Waals surface area contributed by atoms with E-state index in [1.807, 2.05) is 38.1 Å². The number of benzene rings is 2. The number of esters is 1. The Morgan fingerprint density at radius 2 is 2.12 bits per heavy atom. The predicted molar refractivity (Wildman–Crippen MR) is 96.4 cm³/mol. The van der Waals surface area contributed by atoms with Gasteiger partial charge in [-0.1, -0.05) is 12.1 Å². The van der Waals surface area contributed by atoms with Crippen LogP contribution in [0.1, 0.15) is 40.9 Å². The molecule has 1 saturated heterocycles. The number of amides is 2. The molecule has 0 radical (unpaired) electrons. The van der Waals surface area contributed by atoms with Gasteiger partial charge in [0.2, 0.25) is 0 Å². The number of fused-ring (bicyclic) bond motifs is 4. The molecular formula is C20H20N2O4. The monoisotopic (exact) mass is 352 g/mol. The number of aryl methyl sites for hydroxylation is 1. The van der Waals surface area contributed by atoms with Gasteiger partial charge in [0.15, 0.2) is 5.72 Å². The first-order valence-corrected chi connectivity index (χ1v) is 8.50. The van der Waals surface area contributed by atoms with Crippen molar-refractivity contribution in [1.82, 2.24) is 5.32 Å². The molecule has 2 aliphatic heterocycles. The number of ether oxygens (including phenoxy) is 2. The summed E-state index contributed by atoms with van der Waals surface area (Å²) >= 11 is 0. The van der Waals surface area contributed by atoms with Crippen LogP contribution in [0.5, 0.6) is 5.75 Å². The molecule has 2 amide bonds. The molecular weight excluding hydrogens is 332 g/mol. The topological polar surface area (TPSA) is 67.9 Å². The number of hydrogen-bond acceptors (Lipinski definition) is 4. The Bertz CT molecular complexity index is 910. The fourth-order valence-corrected chi connectivity index (χ4v) is 3.78. The van der Waals surface area contributed by atoms with Crippen LogP contribution in [0.2, 0.25) is 0 Å². The van der Waals surface area contributed by atoms with E-state index in [1.54, 1.807) is 23.1 Å². The fraction of sp³-hybridized carbons (Fsp3) is 0.300. The smallest absolute Gasteiger partial charge is 0.337 e. The molecule has 0 saturated carbocycles. The molecule has 2 bridgehead atoms. The highest BCUT2D eigenvalue weighted by Crippen LogP contribution is 2.45. The van der Waals surface area contributed by atoms with Crippen molar-refractivity contribution < 1.29 is 19.1 Å². The normalized spacial score (nSPS) is 23.6. The standard InChI is InChI=1S/C20H20N2O4/c1-12-5-4-6-14(9-12)22-19(24)21-16-11-20(22,2)26-17-8-7-13(10-15(16)17)18(23)25-3/h4-10,16H,11H2,1-3H3,(H,21,24)/t16-,20+/m0/s1. The summed E-state index contributed by atoms with van der Waals surface area (Å²) in [4.78, 5) is 26.3. The third-order valence-corrected chi connectivity index (χ3v) is 4.95. The lowest BCUT2D eigenvalue weighted by atomic mass is 9.89. The van der Waals surface area contributed by atoms with Gasteiger partial charge in [-0.3, -0.25) is 4.90 Å². The van der Waals surface area contributed by atoms with Crippen molar-refractivity contribution >= 4 is 17.7 Å². The molecule has 2 aromatic carbocycles. The van der Waals surface area contributed by atoms with E-state index in [1.165, 1.54) is 7.11 Å². The quantitative estimate of drug-likeness (QED) is 0.840. The molecule has 4 rings (SSSR count). The number of urea groups is 1. The Morgan fingerprint density at radius 1 is 1.31 bits per heavy atom. The molecule has 26 heavy (non-hydrogen) atoms. The lowest BCUT2D eigenvalue weighted by molar-refractivity contribution is 0.0377. The van der Waals surface area contributed by atoms with Crippen LogP contribution in [-0.2, 0) is 4.74 Å². The highest BCUT2D eigenvalue weighted by Gasteiger charge is 2.50. The third kappa shape index (κ3) is 2.49. The predicted octanol–water partition coefficient (Wildman–Crippen LogP) is 3.55. The SMILES string of the molecule is COC(=O)c1ccc2c(c1)[C@@H]1C[C@@](C)(O2)N(c2cccc(C)c2)C(=O)N1. The number of carbonyl (C=O) groups is 2. The van der Waals surface area contributed by atoms with Crippen molar-refractivity contribution in [2.75, 3.05) is 12.0 Å². The highest BCUT2D eigenvalue weighted by atomic mass is 16.5. The lowest BCUT2D eigenvalue weighted by Crippen LogP contribution is -2.65. The van der Waals surface area contributed by atoms with Gasteiger partial charge in [-0.25, -0.2) is 9.59 Å².